The van der Waals surface area contributed by atoms with E-state index in [-0.39, 0.29) is 0 Å². The van der Waals surface area contributed by atoms with Crippen LogP contribution in [0.5, 0.6) is 0 Å². The molecule has 0 aliphatic carbocycles. The molecule has 4 nitrogen and oxygen atoms in total. The van der Waals surface area contributed by atoms with Crippen molar-refractivity contribution in [2.75, 3.05) is 17.2 Å². The summed E-state index contributed by atoms with van der Waals surface area (Å²) in [7, 11) is 0. The molecule has 1 heterocycles. The average molecular weight is 349 g/mol. The van der Waals surface area contributed by atoms with Crippen LogP contribution in [0.15, 0.2) is 29.0 Å². The summed E-state index contributed by atoms with van der Waals surface area (Å²) in [6.07, 6.45) is 1.59. The molecule has 0 bridgehead atoms. The van der Waals surface area contributed by atoms with E-state index in [2.05, 4.69) is 82.4 Å². The highest BCUT2D eigenvalue weighted by molar-refractivity contribution is 9.10. The molecule has 2 N–H and O–H groups in total. The number of anilines is 3. The molecule has 0 amide bonds. The van der Waals surface area contributed by atoms with E-state index < -0.39 is 0 Å². The second kappa shape index (κ2) is 6.89. The lowest BCUT2D eigenvalue weighted by Gasteiger charge is -2.18. The Labute approximate surface area is 134 Å². The Morgan fingerprint density at radius 2 is 1.90 bits per heavy atom. The second-order valence-electron chi connectivity index (χ2n) is 5.28. The summed E-state index contributed by atoms with van der Waals surface area (Å²) in [6, 6.07) is 6.22. The van der Waals surface area contributed by atoms with Gasteiger partial charge in [0, 0.05) is 16.6 Å². The standard InChI is InChI=1S/C16H21BrN4/c1-5-18-15-14(10(2)3)16(20-9-19-15)21-13-7-6-11(4)8-12(13)17/h6-10H,5H2,1-4H3,(H2,18,19,20,21). The van der Waals surface area contributed by atoms with Crippen molar-refractivity contribution in [1.82, 2.24) is 9.97 Å². The molecule has 0 unspecified atom stereocenters. The average Bonchev–Trinajstić information content (AvgIpc) is 2.42. The zero-order valence-corrected chi connectivity index (χ0v) is 14.5. The summed E-state index contributed by atoms with van der Waals surface area (Å²) >= 11 is 3.59. The van der Waals surface area contributed by atoms with Crippen LogP contribution in [0.4, 0.5) is 17.3 Å². The highest BCUT2D eigenvalue weighted by Gasteiger charge is 2.15. The largest absolute Gasteiger partial charge is 0.370 e. The van der Waals surface area contributed by atoms with E-state index >= 15 is 0 Å². The lowest BCUT2D eigenvalue weighted by Crippen LogP contribution is -2.09. The normalized spacial score (nSPS) is 10.8. The van der Waals surface area contributed by atoms with Crippen LogP contribution < -0.4 is 10.6 Å². The summed E-state index contributed by atoms with van der Waals surface area (Å²) < 4.78 is 1.03. The lowest BCUT2D eigenvalue weighted by molar-refractivity contribution is 0.849. The molecule has 0 saturated carbocycles. The fourth-order valence-corrected chi connectivity index (χ4v) is 2.79. The number of hydrogen-bond donors (Lipinski definition) is 2. The van der Waals surface area contributed by atoms with Crippen molar-refractivity contribution in [3.05, 3.63) is 40.1 Å². The SMILES string of the molecule is CCNc1ncnc(Nc2ccc(C)cc2Br)c1C(C)C. The van der Waals surface area contributed by atoms with Crippen LogP contribution in [-0.4, -0.2) is 16.5 Å². The first-order valence-corrected chi connectivity index (χ1v) is 7.94. The highest BCUT2D eigenvalue weighted by Crippen LogP contribution is 2.32. The topological polar surface area (TPSA) is 49.8 Å². The third kappa shape index (κ3) is 3.73. The van der Waals surface area contributed by atoms with Gasteiger partial charge in [0.15, 0.2) is 0 Å². The molecule has 0 aliphatic rings. The fraction of sp³-hybridized carbons (Fsp3) is 0.375. The Hall–Kier alpha value is -1.62. The van der Waals surface area contributed by atoms with Gasteiger partial charge in [-0.25, -0.2) is 9.97 Å². The monoisotopic (exact) mass is 348 g/mol. The van der Waals surface area contributed by atoms with Gasteiger partial charge in [0.05, 0.1) is 5.69 Å². The summed E-state index contributed by atoms with van der Waals surface area (Å²) in [5.74, 6) is 2.07. The maximum atomic E-state index is 4.42. The van der Waals surface area contributed by atoms with Crippen molar-refractivity contribution >= 4 is 33.3 Å². The van der Waals surface area contributed by atoms with Crippen LogP contribution >= 0.6 is 15.9 Å². The van der Waals surface area contributed by atoms with E-state index in [1.165, 1.54) is 5.56 Å². The molecule has 0 spiro atoms. The van der Waals surface area contributed by atoms with Crippen molar-refractivity contribution in [2.45, 2.75) is 33.6 Å². The molecule has 0 aliphatic heterocycles. The Kier molecular flexibility index (Phi) is 5.17. The van der Waals surface area contributed by atoms with Crippen molar-refractivity contribution in [2.24, 2.45) is 0 Å². The first-order chi connectivity index (χ1) is 10.0. The van der Waals surface area contributed by atoms with Crippen molar-refractivity contribution in [3.63, 3.8) is 0 Å². The fourth-order valence-electron chi connectivity index (χ4n) is 2.20. The van der Waals surface area contributed by atoms with Gasteiger partial charge in [0.2, 0.25) is 0 Å². The summed E-state index contributed by atoms with van der Waals surface area (Å²) in [5, 5.41) is 6.71. The third-order valence-electron chi connectivity index (χ3n) is 3.18. The minimum Gasteiger partial charge on any atom is -0.370 e. The Morgan fingerprint density at radius 1 is 1.19 bits per heavy atom. The molecule has 0 radical (unpaired) electrons. The van der Waals surface area contributed by atoms with Gasteiger partial charge in [-0.1, -0.05) is 19.9 Å². The molecular weight excluding hydrogens is 328 g/mol. The zero-order valence-electron chi connectivity index (χ0n) is 12.9. The van der Waals surface area contributed by atoms with E-state index in [1.54, 1.807) is 6.33 Å². The van der Waals surface area contributed by atoms with E-state index in [9.17, 15) is 0 Å². The zero-order chi connectivity index (χ0) is 15.4. The minimum absolute atomic E-state index is 0.326. The van der Waals surface area contributed by atoms with E-state index in [0.717, 1.165) is 33.9 Å². The predicted molar refractivity (Wildman–Crippen MR) is 92.4 cm³/mol. The van der Waals surface area contributed by atoms with Crippen molar-refractivity contribution in [3.8, 4) is 0 Å². The Bertz CT molecular complexity index is 626. The van der Waals surface area contributed by atoms with Gasteiger partial charge >= 0.3 is 0 Å². The lowest BCUT2D eigenvalue weighted by atomic mass is 10.0. The molecule has 1 aromatic carbocycles. The Morgan fingerprint density at radius 3 is 2.52 bits per heavy atom. The molecule has 0 atom stereocenters. The first kappa shape index (κ1) is 15.8. The van der Waals surface area contributed by atoms with Gasteiger partial charge in [-0.15, -0.1) is 0 Å². The van der Waals surface area contributed by atoms with Crippen LogP contribution in [0.2, 0.25) is 0 Å². The van der Waals surface area contributed by atoms with Gasteiger partial charge in [0.25, 0.3) is 0 Å². The first-order valence-electron chi connectivity index (χ1n) is 7.14. The number of hydrogen-bond acceptors (Lipinski definition) is 4. The number of halogens is 1. The molecule has 5 heteroatoms. The van der Waals surface area contributed by atoms with E-state index in [1.807, 2.05) is 0 Å². The molecule has 1 aromatic heterocycles. The third-order valence-corrected chi connectivity index (χ3v) is 3.84. The molecule has 21 heavy (non-hydrogen) atoms. The molecule has 0 saturated heterocycles. The number of rotatable bonds is 5. The summed E-state index contributed by atoms with van der Waals surface area (Å²) in [5.41, 5.74) is 3.32. The molecule has 0 fully saturated rings. The van der Waals surface area contributed by atoms with E-state index in [4.69, 9.17) is 0 Å². The maximum Gasteiger partial charge on any atom is 0.139 e. The Balaban J connectivity index is 2.41. The van der Waals surface area contributed by atoms with Crippen molar-refractivity contribution < 1.29 is 0 Å². The number of aromatic nitrogens is 2. The quantitative estimate of drug-likeness (QED) is 0.810. The summed E-state index contributed by atoms with van der Waals surface area (Å²) in [6.45, 7) is 9.27. The van der Waals surface area contributed by atoms with Gasteiger partial charge in [-0.2, -0.15) is 0 Å². The van der Waals surface area contributed by atoms with Gasteiger partial charge in [-0.05, 0) is 53.4 Å². The van der Waals surface area contributed by atoms with Gasteiger partial charge in [0.1, 0.15) is 18.0 Å². The van der Waals surface area contributed by atoms with Crippen LogP contribution in [-0.2, 0) is 0 Å². The van der Waals surface area contributed by atoms with Gasteiger partial charge in [-0.3, -0.25) is 0 Å². The number of aryl methyl sites for hydroxylation is 1. The summed E-state index contributed by atoms with van der Waals surface area (Å²) in [4.78, 5) is 8.77. The molecule has 2 aromatic rings. The number of benzene rings is 1. The van der Waals surface area contributed by atoms with Crippen LogP contribution in [0.25, 0.3) is 0 Å². The van der Waals surface area contributed by atoms with Crippen LogP contribution in [0.3, 0.4) is 0 Å². The smallest absolute Gasteiger partial charge is 0.139 e. The predicted octanol–water partition coefficient (Wildman–Crippen LogP) is 4.85. The maximum absolute atomic E-state index is 4.42. The van der Waals surface area contributed by atoms with Crippen LogP contribution in [0, 0.1) is 6.92 Å². The number of nitrogens with zero attached hydrogens (tertiary/aromatic N) is 2. The number of nitrogens with one attached hydrogen (secondary N) is 2. The molecular formula is C16H21BrN4. The molecule has 2 rings (SSSR count). The van der Waals surface area contributed by atoms with E-state index in [0.29, 0.717) is 5.92 Å². The van der Waals surface area contributed by atoms with Crippen LogP contribution in [0.1, 0.15) is 37.8 Å². The highest BCUT2D eigenvalue weighted by atomic mass is 79.9. The van der Waals surface area contributed by atoms with Crippen molar-refractivity contribution in [1.29, 1.82) is 0 Å². The molecule has 112 valence electrons. The second-order valence-corrected chi connectivity index (χ2v) is 6.13. The van der Waals surface area contributed by atoms with Gasteiger partial charge < -0.3 is 10.6 Å². The minimum atomic E-state index is 0.326.